The van der Waals surface area contributed by atoms with Gasteiger partial charge in [-0.05, 0) is 53.8 Å². The number of nitrogens with zero attached hydrogens (tertiary/aromatic N) is 1. The molecule has 2 aromatic carbocycles. The smallest absolute Gasteiger partial charge is 0.108 e. The van der Waals surface area contributed by atoms with Gasteiger partial charge in [-0.3, -0.25) is 0 Å². The number of hydrogen-bond acceptors (Lipinski definition) is 1. The van der Waals surface area contributed by atoms with Crippen LogP contribution in [0.2, 0.25) is 10.0 Å². The highest BCUT2D eigenvalue weighted by Gasteiger charge is 2.40. The van der Waals surface area contributed by atoms with E-state index in [0.29, 0.717) is 10.0 Å². The minimum atomic E-state index is -0.592. The number of nitriles is 1. The fraction of sp³-hybridized carbons (Fsp3) is 0.188. The highest BCUT2D eigenvalue weighted by molar-refractivity contribution is 6.31. The number of benzene rings is 2. The number of fused-ring (bicyclic) bond motifs is 1. The Hall–Kier alpha value is -1.49. The lowest BCUT2D eigenvalue weighted by Gasteiger charge is -2.23. The standard InChI is InChI=1S/C16H11Cl2N/c17-13-5-2-12(3-6-13)16(10-19)8-7-11-1-4-14(18)9-15(11)16/h1-6,9H,7-8H2. The molecule has 3 heteroatoms. The van der Waals surface area contributed by atoms with Crippen molar-refractivity contribution in [2.75, 3.05) is 0 Å². The molecule has 0 aromatic heterocycles. The zero-order chi connectivity index (χ0) is 13.5. The molecule has 2 aromatic rings. The lowest BCUT2D eigenvalue weighted by atomic mass is 9.77. The van der Waals surface area contributed by atoms with Crippen LogP contribution in [-0.4, -0.2) is 0 Å². The summed E-state index contributed by atoms with van der Waals surface area (Å²) < 4.78 is 0. The van der Waals surface area contributed by atoms with Gasteiger partial charge in [0.1, 0.15) is 5.41 Å². The summed E-state index contributed by atoms with van der Waals surface area (Å²) >= 11 is 12.0. The summed E-state index contributed by atoms with van der Waals surface area (Å²) in [7, 11) is 0. The molecule has 1 nitrogen and oxygen atoms in total. The average Bonchev–Trinajstić information content (AvgIpc) is 2.79. The molecule has 0 spiro atoms. The quantitative estimate of drug-likeness (QED) is 0.743. The van der Waals surface area contributed by atoms with Crippen molar-refractivity contribution in [3.05, 3.63) is 69.2 Å². The number of rotatable bonds is 1. The molecule has 0 heterocycles. The summed E-state index contributed by atoms with van der Waals surface area (Å²) in [6.07, 6.45) is 1.70. The van der Waals surface area contributed by atoms with Crippen LogP contribution in [0.5, 0.6) is 0 Å². The molecule has 94 valence electrons. The van der Waals surface area contributed by atoms with Crippen LogP contribution in [-0.2, 0) is 11.8 Å². The highest BCUT2D eigenvalue weighted by Crippen LogP contribution is 2.44. The topological polar surface area (TPSA) is 23.8 Å². The van der Waals surface area contributed by atoms with Crippen molar-refractivity contribution in [2.24, 2.45) is 0 Å². The first-order chi connectivity index (χ1) is 9.15. The Balaban J connectivity index is 2.21. The van der Waals surface area contributed by atoms with Crippen molar-refractivity contribution in [3.63, 3.8) is 0 Å². The van der Waals surface area contributed by atoms with Gasteiger partial charge in [0.2, 0.25) is 0 Å². The maximum Gasteiger partial charge on any atom is 0.108 e. The van der Waals surface area contributed by atoms with E-state index in [9.17, 15) is 5.26 Å². The maximum absolute atomic E-state index is 9.75. The van der Waals surface area contributed by atoms with Gasteiger partial charge in [0, 0.05) is 10.0 Å². The van der Waals surface area contributed by atoms with Crippen LogP contribution in [0.4, 0.5) is 0 Å². The molecule has 3 rings (SSSR count). The zero-order valence-electron chi connectivity index (χ0n) is 10.2. The van der Waals surface area contributed by atoms with Crippen LogP contribution in [0.1, 0.15) is 23.1 Å². The van der Waals surface area contributed by atoms with E-state index in [4.69, 9.17) is 23.2 Å². The van der Waals surface area contributed by atoms with Gasteiger partial charge in [0.15, 0.2) is 0 Å². The molecule has 1 aliphatic rings. The summed E-state index contributed by atoms with van der Waals surface area (Å²) in [5.74, 6) is 0. The number of halogens is 2. The lowest BCUT2D eigenvalue weighted by molar-refractivity contribution is 0.648. The SMILES string of the molecule is N#CC1(c2ccc(Cl)cc2)CCc2ccc(Cl)cc21. The van der Waals surface area contributed by atoms with Crippen molar-refractivity contribution in [3.8, 4) is 6.07 Å². The molecule has 1 unspecified atom stereocenters. The third-order valence-electron chi connectivity index (χ3n) is 3.83. The maximum atomic E-state index is 9.75. The highest BCUT2D eigenvalue weighted by atomic mass is 35.5. The van der Waals surface area contributed by atoms with Crippen molar-refractivity contribution in [2.45, 2.75) is 18.3 Å². The van der Waals surface area contributed by atoms with Gasteiger partial charge in [-0.15, -0.1) is 0 Å². The Kier molecular flexibility index (Phi) is 3.01. The molecule has 19 heavy (non-hydrogen) atoms. The van der Waals surface area contributed by atoms with Crippen LogP contribution < -0.4 is 0 Å². The predicted molar refractivity (Wildman–Crippen MR) is 77.6 cm³/mol. The van der Waals surface area contributed by atoms with Gasteiger partial charge < -0.3 is 0 Å². The van der Waals surface area contributed by atoms with Gasteiger partial charge in [0.05, 0.1) is 6.07 Å². The Labute approximate surface area is 122 Å². The van der Waals surface area contributed by atoms with Crippen LogP contribution in [0.3, 0.4) is 0 Å². The van der Waals surface area contributed by atoms with Crippen LogP contribution in [0.25, 0.3) is 0 Å². The molecule has 0 N–H and O–H groups in total. The van der Waals surface area contributed by atoms with Crippen molar-refractivity contribution >= 4 is 23.2 Å². The molecule has 1 atom stereocenters. The van der Waals surface area contributed by atoms with E-state index in [1.807, 2.05) is 42.5 Å². The number of hydrogen-bond donors (Lipinski definition) is 0. The van der Waals surface area contributed by atoms with Gasteiger partial charge in [-0.1, -0.05) is 41.4 Å². The lowest BCUT2D eigenvalue weighted by Crippen LogP contribution is -2.22. The van der Waals surface area contributed by atoms with Crippen molar-refractivity contribution < 1.29 is 0 Å². The molecule has 0 aliphatic heterocycles. The van der Waals surface area contributed by atoms with Gasteiger partial charge in [0.25, 0.3) is 0 Å². The second-order valence-electron chi connectivity index (χ2n) is 4.83. The Morgan fingerprint density at radius 2 is 1.68 bits per heavy atom. The summed E-state index contributed by atoms with van der Waals surface area (Å²) in [6.45, 7) is 0. The monoisotopic (exact) mass is 287 g/mol. The molecule has 0 radical (unpaired) electrons. The summed E-state index contributed by atoms with van der Waals surface area (Å²) in [5, 5.41) is 11.1. The normalized spacial score (nSPS) is 20.9. The average molecular weight is 288 g/mol. The fourth-order valence-electron chi connectivity index (χ4n) is 2.84. The van der Waals surface area contributed by atoms with E-state index >= 15 is 0 Å². The van der Waals surface area contributed by atoms with Crippen molar-refractivity contribution in [1.29, 1.82) is 5.26 Å². The summed E-state index contributed by atoms with van der Waals surface area (Å²) in [5.41, 5.74) is 2.64. The van der Waals surface area contributed by atoms with Crippen LogP contribution in [0, 0.1) is 11.3 Å². The van der Waals surface area contributed by atoms with Crippen LogP contribution in [0.15, 0.2) is 42.5 Å². The van der Waals surface area contributed by atoms with Gasteiger partial charge in [-0.25, -0.2) is 0 Å². The molecule has 0 bridgehead atoms. The second kappa shape index (κ2) is 4.56. The molecule has 0 saturated carbocycles. The van der Waals surface area contributed by atoms with Crippen molar-refractivity contribution in [1.82, 2.24) is 0 Å². The third-order valence-corrected chi connectivity index (χ3v) is 4.32. The van der Waals surface area contributed by atoms with Gasteiger partial charge >= 0.3 is 0 Å². The minimum Gasteiger partial charge on any atom is -0.197 e. The van der Waals surface area contributed by atoms with E-state index in [1.165, 1.54) is 5.56 Å². The number of aryl methyl sites for hydroxylation is 1. The Morgan fingerprint density at radius 1 is 1.00 bits per heavy atom. The van der Waals surface area contributed by atoms with Gasteiger partial charge in [-0.2, -0.15) is 5.26 Å². The predicted octanol–water partition coefficient (Wildman–Crippen LogP) is 4.75. The van der Waals surface area contributed by atoms with E-state index in [0.717, 1.165) is 24.0 Å². The summed E-state index contributed by atoms with van der Waals surface area (Å²) in [4.78, 5) is 0. The van der Waals surface area contributed by atoms with E-state index in [-0.39, 0.29) is 0 Å². The zero-order valence-corrected chi connectivity index (χ0v) is 11.7. The fourth-order valence-corrected chi connectivity index (χ4v) is 3.13. The Bertz CT molecular complexity index is 670. The molecule has 1 aliphatic carbocycles. The summed E-state index contributed by atoms with van der Waals surface area (Å²) in [6, 6.07) is 15.8. The van der Waals surface area contributed by atoms with E-state index < -0.39 is 5.41 Å². The Morgan fingerprint density at radius 3 is 2.37 bits per heavy atom. The molecule has 0 amide bonds. The molecular formula is C16H11Cl2N. The molecular weight excluding hydrogens is 277 g/mol. The second-order valence-corrected chi connectivity index (χ2v) is 5.70. The van der Waals surface area contributed by atoms with E-state index in [2.05, 4.69) is 6.07 Å². The minimum absolute atomic E-state index is 0.592. The first kappa shape index (κ1) is 12.5. The first-order valence-corrected chi connectivity index (χ1v) is 6.87. The third kappa shape index (κ3) is 1.92. The molecule has 0 fully saturated rings. The van der Waals surface area contributed by atoms with Crippen LogP contribution >= 0.6 is 23.2 Å². The van der Waals surface area contributed by atoms with E-state index in [1.54, 1.807) is 0 Å². The largest absolute Gasteiger partial charge is 0.197 e. The first-order valence-electron chi connectivity index (χ1n) is 6.12. The molecule has 0 saturated heterocycles.